The zero-order valence-electron chi connectivity index (χ0n) is 10.4. The van der Waals surface area contributed by atoms with Gasteiger partial charge in [-0.3, -0.25) is 4.79 Å². The van der Waals surface area contributed by atoms with Gasteiger partial charge < -0.3 is 9.80 Å². The first-order valence-electron chi connectivity index (χ1n) is 5.90. The third-order valence-corrected chi connectivity index (χ3v) is 3.21. The van der Waals surface area contributed by atoms with Crippen molar-refractivity contribution in [2.45, 2.75) is 6.92 Å². The van der Waals surface area contributed by atoms with Gasteiger partial charge in [-0.1, -0.05) is 18.2 Å². The lowest BCUT2D eigenvalue weighted by molar-refractivity contribution is -0.126. The molecule has 0 unspecified atom stereocenters. The van der Waals surface area contributed by atoms with Crippen LogP contribution in [0.3, 0.4) is 0 Å². The molecule has 1 aromatic rings. The fraction of sp³-hybridized carbons (Fsp3) is 0.385. The molecule has 0 bridgehead atoms. The summed E-state index contributed by atoms with van der Waals surface area (Å²) < 4.78 is 0. The molecule has 0 atom stereocenters. The average Bonchev–Trinajstić information content (AvgIpc) is 2.37. The number of hydrogen-bond acceptors (Lipinski definition) is 3. The average molecular weight is 266 g/mol. The molecular weight excluding hydrogens is 250 g/mol. The zero-order valence-corrected chi connectivity index (χ0v) is 11.2. The molecule has 0 aromatic carbocycles. The third-order valence-electron chi connectivity index (χ3n) is 2.99. The molecule has 5 heteroatoms. The van der Waals surface area contributed by atoms with Gasteiger partial charge in [0.2, 0.25) is 5.91 Å². The fourth-order valence-electron chi connectivity index (χ4n) is 2.06. The summed E-state index contributed by atoms with van der Waals surface area (Å²) in [7, 11) is 0. The quantitative estimate of drug-likeness (QED) is 0.766. The number of pyridine rings is 1. The second-order valence-corrected chi connectivity index (χ2v) is 4.74. The summed E-state index contributed by atoms with van der Waals surface area (Å²) in [6.45, 7) is 8.35. The van der Waals surface area contributed by atoms with Gasteiger partial charge in [-0.15, -0.1) is 0 Å². The highest BCUT2D eigenvalue weighted by atomic mass is 35.5. The van der Waals surface area contributed by atoms with Crippen molar-refractivity contribution in [2.75, 3.05) is 31.1 Å². The van der Waals surface area contributed by atoms with Gasteiger partial charge in [-0.05, 0) is 25.1 Å². The van der Waals surface area contributed by atoms with Crippen LogP contribution in [0.15, 0.2) is 24.8 Å². The van der Waals surface area contributed by atoms with E-state index in [0.717, 1.165) is 24.6 Å². The molecule has 96 valence electrons. The lowest BCUT2D eigenvalue weighted by Crippen LogP contribution is -2.48. The predicted molar refractivity (Wildman–Crippen MR) is 73.0 cm³/mol. The van der Waals surface area contributed by atoms with Crippen molar-refractivity contribution >= 4 is 23.3 Å². The molecule has 1 aliphatic rings. The summed E-state index contributed by atoms with van der Waals surface area (Å²) in [4.78, 5) is 19.9. The van der Waals surface area contributed by atoms with Gasteiger partial charge in [-0.2, -0.15) is 0 Å². The normalized spacial score (nSPS) is 15.7. The minimum absolute atomic E-state index is 0.00937. The van der Waals surface area contributed by atoms with Crippen molar-refractivity contribution in [3.8, 4) is 0 Å². The first kappa shape index (κ1) is 12.9. The van der Waals surface area contributed by atoms with E-state index in [1.165, 1.54) is 6.08 Å². The number of amides is 1. The van der Waals surface area contributed by atoms with Gasteiger partial charge in [0.05, 0.1) is 0 Å². The van der Waals surface area contributed by atoms with E-state index in [1.807, 2.05) is 19.1 Å². The Kier molecular flexibility index (Phi) is 3.87. The molecule has 1 saturated heterocycles. The number of anilines is 1. The van der Waals surface area contributed by atoms with Crippen molar-refractivity contribution in [3.63, 3.8) is 0 Å². The number of aromatic nitrogens is 1. The minimum Gasteiger partial charge on any atom is -0.353 e. The number of nitrogens with zero attached hydrogens (tertiary/aromatic N) is 3. The van der Waals surface area contributed by atoms with Gasteiger partial charge >= 0.3 is 0 Å². The van der Waals surface area contributed by atoms with Crippen LogP contribution >= 0.6 is 11.6 Å². The Morgan fingerprint density at radius 2 is 2.06 bits per heavy atom. The van der Waals surface area contributed by atoms with E-state index in [4.69, 9.17) is 11.6 Å². The van der Waals surface area contributed by atoms with Crippen LogP contribution < -0.4 is 4.90 Å². The lowest BCUT2D eigenvalue weighted by Gasteiger charge is -2.35. The molecule has 0 spiro atoms. The highest BCUT2D eigenvalue weighted by molar-refractivity contribution is 6.30. The lowest BCUT2D eigenvalue weighted by atomic mass is 10.3. The number of hydrogen-bond donors (Lipinski definition) is 0. The Labute approximate surface area is 112 Å². The summed E-state index contributed by atoms with van der Waals surface area (Å²) in [5.41, 5.74) is 0.905. The van der Waals surface area contributed by atoms with Crippen LogP contribution in [0.5, 0.6) is 0 Å². The Morgan fingerprint density at radius 1 is 1.39 bits per heavy atom. The SMILES string of the molecule is C=CC(=O)N1CCN(c2cc(Cl)cc(C)n2)CC1. The largest absolute Gasteiger partial charge is 0.353 e. The van der Waals surface area contributed by atoms with Gasteiger partial charge in [-0.25, -0.2) is 4.98 Å². The molecule has 1 aliphatic heterocycles. The predicted octanol–water partition coefficient (Wildman–Crippen LogP) is 1.88. The molecule has 0 aliphatic carbocycles. The second-order valence-electron chi connectivity index (χ2n) is 4.30. The van der Waals surface area contributed by atoms with E-state index in [1.54, 1.807) is 4.90 Å². The van der Waals surface area contributed by atoms with E-state index >= 15 is 0 Å². The van der Waals surface area contributed by atoms with Gasteiger partial charge in [0, 0.05) is 36.9 Å². The Morgan fingerprint density at radius 3 is 2.61 bits per heavy atom. The van der Waals surface area contributed by atoms with Crippen LogP contribution in [0.2, 0.25) is 5.02 Å². The molecule has 0 radical (unpaired) electrons. The first-order valence-corrected chi connectivity index (χ1v) is 6.28. The summed E-state index contributed by atoms with van der Waals surface area (Å²) in [6, 6.07) is 3.70. The summed E-state index contributed by atoms with van der Waals surface area (Å²) in [5.74, 6) is 0.871. The smallest absolute Gasteiger partial charge is 0.246 e. The molecule has 0 N–H and O–H groups in total. The van der Waals surface area contributed by atoms with Crippen LogP contribution in [0.4, 0.5) is 5.82 Å². The molecule has 4 nitrogen and oxygen atoms in total. The molecule has 2 rings (SSSR count). The van der Waals surface area contributed by atoms with Gasteiger partial charge in [0.25, 0.3) is 0 Å². The molecule has 1 aromatic heterocycles. The number of carbonyl (C=O) groups is 1. The number of aryl methyl sites for hydroxylation is 1. The van der Waals surface area contributed by atoms with Crippen LogP contribution in [0.1, 0.15) is 5.69 Å². The Balaban J connectivity index is 2.05. The van der Waals surface area contributed by atoms with E-state index in [0.29, 0.717) is 18.1 Å². The summed E-state index contributed by atoms with van der Waals surface area (Å²) in [6.07, 6.45) is 1.36. The van der Waals surface area contributed by atoms with E-state index in [2.05, 4.69) is 16.5 Å². The molecular formula is C13H16ClN3O. The van der Waals surface area contributed by atoms with Crippen molar-refractivity contribution < 1.29 is 4.79 Å². The van der Waals surface area contributed by atoms with Gasteiger partial charge in [0.15, 0.2) is 0 Å². The summed E-state index contributed by atoms with van der Waals surface area (Å²) in [5, 5.41) is 0.696. The standard InChI is InChI=1S/C13H16ClN3O/c1-3-13(18)17-6-4-16(5-7-17)12-9-11(14)8-10(2)15-12/h3,8-9H,1,4-7H2,2H3. The maximum Gasteiger partial charge on any atom is 0.246 e. The highest BCUT2D eigenvalue weighted by Crippen LogP contribution is 2.19. The second kappa shape index (κ2) is 5.40. The number of carbonyl (C=O) groups excluding carboxylic acids is 1. The maximum absolute atomic E-state index is 11.5. The fourth-order valence-corrected chi connectivity index (χ4v) is 2.31. The van der Waals surface area contributed by atoms with Gasteiger partial charge in [0.1, 0.15) is 5.82 Å². The van der Waals surface area contributed by atoms with Crippen LogP contribution in [0.25, 0.3) is 0 Å². The van der Waals surface area contributed by atoms with Crippen molar-refractivity contribution in [1.82, 2.24) is 9.88 Å². The first-order chi connectivity index (χ1) is 8.60. The molecule has 0 saturated carbocycles. The third kappa shape index (κ3) is 2.82. The van der Waals surface area contributed by atoms with Crippen LogP contribution in [-0.2, 0) is 4.79 Å². The number of piperazine rings is 1. The van der Waals surface area contributed by atoms with E-state index in [-0.39, 0.29) is 5.91 Å². The Hall–Kier alpha value is -1.55. The topological polar surface area (TPSA) is 36.4 Å². The monoisotopic (exact) mass is 265 g/mol. The molecule has 2 heterocycles. The van der Waals surface area contributed by atoms with Crippen LogP contribution in [-0.4, -0.2) is 42.0 Å². The highest BCUT2D eigenvalue weighted by Gasteiger charge is 2.20. The number of halogens is 1. The van der Waals surface area contributed by atoms with Crippen molar-refractivity contribution in [3.05, 3.63) is 35.5 Å². The molecule has 1 amide bonds. The minimum atomic E-state index is -0.00937. The maximum atomic E-state index is 11.5. The van der Waals surface area contributed by atoms with Crippen molar-refractivity contribution in [2.24, 2.45) is 0 Å². The van der Waals surface area contributed by atoms with Crippen molar-refractivity contribution in [1.29, 1.82) is 0 Å². The van der Waals surface area contributed by atoms with E-state index < -0.39 is 0 Å². The zero-order chi connectivity index (χ0) is 13.1. The molecule has 18 heavy (non-hydrogen) atoms. The summed E-state index contributed by atoms with van der Waals surface area (Å²) >= 11 is 6.03. The Bertz CT molecular complexity index is 447. The van der Waals surface area contributed by atoms with E-state index in [9.17, 15) is 4.79 Å². The van der Waals surface area contributed by atoms with Crippen LogP contribution in [0, 0.1) is 6.92 Å². The molecule has 1 fully saturated rings. The number of rotatable bonds is 2.